The summed E-state index contributed by atoms with van der Waals surface area (Å²) < 4.78 is 0. The molecular weight excluding hydrogens is 266 g/mol. The zero-order chi connectivity index (χ0) is 16.0. The second-order valence-corrected chi connectivity index (χ2v) is 5.91. The van der Waals surface area contributed by atoms with Gasteiger partial charge in [-0.1, -0.05) is 37.6 Å². The Kier molecular flexibility index (Phi) is 5.94. The minimum Gasteiger partial charge on any atom is -0.480 e. The number of unbranched alkanes of at least 4 members (excludes halogenated alkanes) is 1. The molecule has 1 rings (SSSR count). The lowest BCUT2D eigenvalue weighted by atomic mass is 10.0. The van der Waals surface area contributed by atoms with Crippen molar-refractivity contribution < 1.29 is 14.7 Å². The van der Waals surface area contributed by atoms with Gasteiger partial charge in [0.2, 0.25) is 5.91 Å². The zero-order valence-corrected chi connectivity index (χ0v) is 13.3. The Morgan fingerprint density at radius 2 is 1.67 bits per heavy atom. The van der Waals surface area contributed by atoms with Crippen molar-refractivity contribution >= 4 is 11.9 Å². The van der Waals surface area contributed by atoms with Crippen LogP contribution in [0.5, 0.6) is 0 Å². The van der Waals surface area contributed by atoms with E-state index < -0.39 is 11.5 Å². The monoisotopic (exact) mass is 291 g/mol. The van der Waals surface area contributed by atoms with Crippen LogP contribution in [0.4, 0.5) is 0 Å². The van der Waals surface area contributed by atoms with Crippen LogP contribution in [-0.4, -0.2) is 34.5 Å². The summed E-state index contributed by atoms with van der Waals surface area (Å²) in [5.74, 6) is -1.20. The first-order valence-electron chi connectivity index (χ1n) is 7.37. The van der Waals surface area contributed by atoms with Crippen molar-refractivity contribution in [3.63, 3.8) is 0 Å². The van der Waals surface area contributed by atoms with E-state index in [0.717, 1.165) is 24.8 Å². The van der Waals surface area contributed by atoms with Gasteiger partial charge in [0.25, 0.3) is 0 Å². The molecule has 0 unspecified atom stereocenters. The van der Waals surface area contributed by atoms with Gasteiger partial charge in [-0.25, -0.2) is 4.79 Å². The number of benzene rings is 1. The number of amides is 1. The predicted molar refractivity (Wildman–Crippen MR) is 83.2 cm³/mol. The van der Waals surface area contributed by atoms with Crippen LogP contribution in [0.15, 0.2) is 24.3 Å². The first kappa shape index (κ1) is 17.2. The number of carbonyl (C=O) groups is 2. The summed E-state index contributed by atoms with van der Waals surface area (Å²) in [6.07, 6.45) is 3.60. The maximum Gasteiger partial charge on any atom is 0.329 e. The fourth-order valence-electron chi connectivity index (χ4n) is 1.95. The maximum absolute atomic E-state index is 12.2. The number of likely N-dealkylation sites (N-methyl/N-ethyl adjacent to an activating group) is 1. The molecule has 1 N–H and O–H groups in total. The second-order valence-electron chi connectivity index (χ2n) is 5.91. The van der Waals surface area contributed by atoms with Gasteiger partial charge in [-0.2, -0.15) is 0 Å². The number of rotatable bonds is 7. The lowest BCUT2D eigenvalue weighted by Gasteiger charge is -2.31. The van der Waals surface area contributed by atoms with Crippen LogP contribution < -0.4 is 0 Å². The summed E-state index contributed by atoms with van der Waals surface area (Å²) in [4.78, 5) is 24.6. The van der Waals surface area contributed by atoms with E-state index in [0.29, 0.717) is 0 Å². The topological polar surface area (TPSA) is 57.6 Å². The molecule has 0 fully saturated rings. The van der Waals surface area contributed by atoms with Crippen LogP contribution >= 0.6 is 0 Å². The number of carboxylic acid groups (broad SMARTS) is 1. The van der Waals surface area contributed by atoms with E-state index in [1.807, 2.05) is 24.3 Å². The van der Waals surface area contributed by atoms with Crippen LogP contribution in [-0.2, 0) is 22.4 Å². The van der Waals surface area contributed by atoms with E-state index >= 15 is 0 Å². The van der Waals surface area contributed by atoms with Crippen LogP contribution in [0, 0.1) is 0 Å². The zero-order valence-electron chi connectivity index (χ0n) is 13.3. The Bertz CT molecular complexity index is 491. The molecule has 0 saturated heterocycles. The van der Waals surface area contributed by atoms with E-state index in [1.165, 1.54) is 31.4 Å². The molecule has 4 nitrogen and oxygen atoms in total. The predicted octanol–water partition coefficient (Wildman–Crippen LogP) is 2.89. The fraction of sp³-hybridized carbons (Fsp3) is 0.529. The van der Waals surface area contributed by atoms with Crippen molar-refractivity contribution in [1.29, 1.82) is 0 Å². The highest BCUT2D eigenvalue weighted by atomic mass is 16.4. The Morgan fingerprint density at radius 3 is 2.14 bits per heavy atom. The number of aliphatic carboxylic acids is 1. The van der Waals surface area contributed by atoms with Gasteiger partial charge in [0.05, 0.1) is 6.42 Å². The number of nitrogens with zero attached hydrogens (tertiary/aromatic N) is 1. The molecule has 0 aromatic heterocycles. The third-order valence-corrected chi connectivity index (χ3v) is 3.93. The van der Waals surface area contributed by atoms with Crippen LogP contribution in [0.1, 0.15) is 44.7 Å². The summed E-state index contributed by atoms with van der Waals surface area (Å²) in [7, 11) is 1.53. The van der Waals surface area contributed by atoms with Crippen molar-refractivity contribution in [2.45, 2.75) is 52.0 Å². The highest BCUT2D eigenvalue weighted by Gasteiger charge is 2.34. The molecule has 0 bridgehead atoms. The number of carbonyl (C=O) groups excluding carboxylic acids is 1. The van der Waals surface area contributed by atoms with Crippen molar-refractivity contribution in [3.8, 4) is 0 Å². The molecule has 0 saturated carbocycles. The summed E-state index contributed by atoms with van der Waals surface area (Å²) in [6.45, 7) is 5.22. The van der Waals surface area contributed by atoms with E-state index in [1.54, 1.807) is 0 Å². The molecule has 1 aromatic carbocycles. The second kappa shape index (κ2) is 7.25. The fourth-order valence-corrected chi connectivity index (χ4v) is 1.95. The Balaban J connectivity index is 2.68. The van der Waals surface area contributed by atoms with Crippen LogP contribution in [0.25, 0.3) is 0 Å². The van der Waals surface area contributed by atoms with Gasteiger partial charge in [-0.3, -0.25) is 4.79 Å². The molecule has 116 valence electrons. The summed E-state index contributed by atoms with van der Waals surface area (Å²) in [5.41, 5.74) is 0.985. The van der Waals surface area contributed by atoms with Gasteiger partial charge in [-0.15, -0.1) is 0 Å². The quantitative estimate of drug-likeness (QED) is 0.840. The van der Waals surface area contributed by atoms with E-state index in [4.69, 9.17) is 5.11 Å². The molecule has 0 radical (unpaired) electrons. The lowest BCUT2D eigenvalue weighted by molar-refractivity contribution is -0.155. The SMILES string of the molecule is CCCCc1ccc(CC(=O)N(C)C(C)(C)C(=O)O)cc1. The minimum absolute atomic E-state index is 0.191. The molecule has 0 heterocycles. The molecule has 0 aliphatic heterocycles. The number of hydrogen-bond donors (Lipinski definition) is 1. The summed E-state index contributed by atoms with van der Waals surface area (Å²) >= 11 is 0. The van der Waals surface area contributed by atoms with Gasteiger partial charge in [0.1, 0.15) is 5.54 Å². The van der Waals surface area contributed by atoms with Crippen LogP contribution in [0.3, 0.4) is 0 Å². The molecular formula is C17H25NO3. The molecule has 4 heteroatoms. The third kappa shape index (κ3) is 4.59. The third-order valence-electron chi connectivity index (χ3n) is 3.93. The highest BCUT2D eigenvalue weighted by molar-refractivity contribution is 5.87. The van der Waals surface area contributed by atoms with Crippen molar-refractivity contribution in [1.82, 2.24) is 4.90 Å². The smallest absolute Gasteiger partial charge is 0.329 e. The highest BCUT2D eigenvalue weighted by Crippen LogP contribution is 2.15. The minimum atomic E-state index is -1.20. The molecule has 1 aromatic rings. The van der Waals surface area contributed by atoms with Gasteiger partial charge in [0, 0.05) is 7.05 Å². The van der Waals surface area contributed by atoms with E-state index in [2.05, 4.69) is 6.92 Å². The van der Waals surface area contributed by atoms with Crippen LogP contribution in [0.2, 0.25) is 0 Å². The molecule has 0 aliphatic rings. The summed E-state index contributed by atoms with van der Waals surface area (Å²) in [6, 6.07) is 7.98. The average Bonchev–Trinajstić information content (AvgIpc) is 2.45. The number of hydrogen-bond acceptors (Lipinski definition) is 2. The Morgan fingerprint density at radius 1 is 1.14 bits per heavy atom. The largest absolute Gasteiger partial charge is 0.480 e. The first-order chi connectivity index (χ1) is 9.78. The maximum atomic E-state index is 12.2. The van der Waals surface area contributed by atoms with Gasteiger partial charge in [-0.05, 0) is 37.8 Å². The normalized spacial score (nSPS) is 11.2. The number of aryl methyl sites for hydroxylation is 1. The van der Waals surface area contributed by atoms with Gasteiger partial charge < -0.3 is 10.0 Å². The van der Waals surface area contributed by atoms with Gasteiger partial charge >= 0.3 is 5.97 Å². The molecule has 0 spiro atoms. The number of carboxylic acids is 1. The molecule has 0 atom stereocenters. The average molecular weight is 291 g/mol. The molecule has 1 amide bonds. The van der Waals surface area contributed by atoms with E-state index in [-0.39, 0.29) is 12.3 Å². The summed E-state index contributed by atoms with van der Waals surface area (Å²) in [5, 5.41) is 9.15. The van der Waals surface area contributed by atoms with Crippen molar-refractivity contribution in [3.05, 3.63) is 35.4 Å². The Labute approximate surface area is 126 Å². The van der Waals surface area contributed by atoms with Crippen molar-refractivity contribution in [2.75, 3.05) is 7.05 Å². The lowest BCUT2D eigenvalue weighted by Crippen LogP contribution is -2.51. The van der Waals surface area contributed by atoms with E-state index in [9.17, 15) is 9.59 Å². The molecule has 21 heavy (non-hydrogen) atoms. The molecule has 0 aliphatic carbocycles. The first-order valence-corrected chi connectivity index (χ1v) is 7.37. The van der Waals surface area contributed by atoms with Gasteiger partial charge in [0.15, 0.2) is 0 Å². The standard InChI is InChI=1S/C17H25NO3/c1-5-6-7-13-8-10-14(11-9-13)12-15(19)18(4)17(2,3)16(20)21/h8-11H,5-7,12H2,1-4H3,(H,20,21). The van der Waals surface area contributed by atoms with Crippen molar-refractivity contribution in [2.24, 2.45) is 0 Å². The Hall–Kier alpha value is -1.84.